The Kier molecular flexibility index (Phi) is 5.94. The molecule has 15 nitrogen and oxygen atoms in total. The van der Waals surface area contributed by atoms with E-state index in [1.165, 1.54) is 0 Å². The van der Waals surface area contributed by atoms with Crippen molar-refractivity contribution in [2.45, 2.75) is 31.7 Å². The maximum absolute atomic E-state index is 12.9. The molecule has 0 saturated heterocycles. The molecule has 0 radical (unpaired) electrons. The highest BCUT2D eigenvalue weighted by molar-refractivity contribution is 5.94. The number of hydrogen-bond acceptors (Lipinski definition) is 10. The number of nitrogens with one attached hydrogen (secondary N) is 5. The van der Waals surface area contributed by atoms with E-state index in [4.69, 9.17) is 5.73 Å². The molecule has 35 heavy (non-hydrogen) atoms. The molecule has 0 unspecified atom stereocenters. The third-order valence-corrected chi connectivity index (χ3v) is 5.57. The van der Waals surface area contributed by atoms with Crippen LogP contribution in [0.3, 0.4) is 0 Å². The van der Waals surface area contributed by atoms with E-state index in [9.17, 15) is 9.59 Å². The molecule has 4 aromatic heterocycles. The number of H-pyrrole nitrogens is 4. The van der Waals surface area contributed by atoms with Crippen LogP contribution in [0.2, 0.25) is 0 Å². The molecule has 0 aliphatic heterocycles. The second-order valence-corrected chi connectivity index (χ2v) is 7.85. The van der Waals surface area contributed by atoms with Gasteiger partial charge >= 0.3 is 0 Å². The van der Waals surface area contributed by atoms with Crippen LogP contribution < -0.4 is 16.6 Å². The van der Waals surface area contributed by atoms with Crippen molar-refractivity contribution in [3.63, 3.8) is 0 Å². The van der Waals surface area contributed by atoms with E-state index in [1.54, 1.807) is 18.3 Å². The molecule has 0 bridgehead atoms. The first-order chi connectivity index (χ1) is 17.1. The molecule has 0 saturated carbocycles. The first-order valence-electron chi connectivity index (χ1n) is 10.8. The van der Waals surface area contributed by atoms with Gasteiger partial charge in [-0.15, -0.1) is 20.4 Å². The molecule has 0 fully saturated rings. The smallest absolute Gasteiger partial charge is 0.262 e. The molecular formula is C20H21N13O2. The van der Waals surface area contributed by atoms with Crippen LogP contribution in [0.5, 0.6) is 0 Å². The van der Waals surface area contributed by atoms with E-state index in [-0.39, 0.29) is 17.4 Å². The molecule has 1 atom stereocenters. The third-order valence-electron chi connectivity index (χ3n) is 5.57. The number of anilines is 1. The van der Waals surface area contributed by atoms with Gasteiger partial charge in [0.2, 0.25) is 5.95 Å². The summed E-state index contributed by atoms with van der Waals surface area (Å²) in [5, 5.41) is 31.2. The first kappa shape index (κ1) is 21.9. The number of carbonyl (C=O) groups excluding carboxylic acids is 1. The standard InChI is InChI=1S/C20H21N13O2/c21-20-24-17-15(19(35)25-20)12(9-22-17)6-3-10-1-4-11(5-2-10)18(34)23-13(16-28-32-33-29-16)7-8-14-26-30-31-27-14/h1-2,4-5,9,13H,3,6-8H2,(H,23,34)(H,26,27,30,31)(H,28,29,32,33)(H4,21,22,24,25,35)/t13-/m0/s1. The maximum atomic E-state index is 12.9. The zero-order valence-electron chi connectivity index (χ0n) is 18.3. The SMILES string of the molecule is Nc1nc2[nH]cc(CCc3ccc(C(=O)N[C@@H](CCc4nn[nH]n4)c4nn[nH]n4)cc3)c2c(=O)[nH]1. The van der Waals surface area contributed by atoms with Gasteiger partial charge in [0.15, 0.2) is 11.6 Å². The van der Waals surface area contributed by atoms with E-state index in [0.717, 1.165) is 11.1 Å². The zero-order chi connectivity index (χ0) is 24.2. The van der Waals surface area contributed by atoms with Crippen molar-refractivity contribution < 1.29 is 4.79 Å². The van der Waals surface area contributed by atoms with Gasteiger partial charge in [-0.2, -0.15) is 15.4 Å². The number of aryl methyl sites for hydroxylation is 3. The number of tetrazole rings is 2. The number of hydrogen-bond donors (Lipinski definition) is 6. The van der Waals surface area contributed by atoms with Crippen LogP contribution in [0.15, 0.2) is 35.3 Å². The van der Waals surface area contributed by atoms with Crippen LogP contribution in [0, 0.1) is 0 Å². The normalized spacial score (nSPS) is 12.1. The van der Waals surface area contributed by atoms with Crippen LogP contribution in [0.1, 0.15) is 45.6 Å². The van der Waals surface area contributed by atoms with E-state index in [1.807, 2.05) is 12.1 Å². The monoisotopic (exact) mass is 475 g/mol. The average Bonchev–Trinajstić information content (AvgIpc) is 3.63. The fourth-order valence-electron chi connectivity index (χ4n) is 3.81. The van der Waals surface area contributed by atoms with E-state index >= 15 is 0 Å². The number of carbonyl (C=O) groups is 1. The summed E-state index contributed by atoms with van der Waals surface area (Å²) in [5.74, 6) is 0.685. The minimum absolute atomic E-state index is 0.0705. The number of aromatic nitrogens is 11. The van der Waals surface area contributed by atoms with Crippen molar-refractivity contribution in [3.05, 3.63) is 69.2 Å². The lowest BCUT2D eigenvalue weighted by Crippen LogP contribution is -2.30. The van der Waals surface area contributed by atoms with Crippen molar-refractivity contribution in [2.24, 2.45) is 0 Å². The Morgan fingerprint density at radius 2 is 1.83 bits per heavy atom. The van der Waals surface area contributed by atoms with Gasteiger partial charge in [0.05, 0.1) is 11.4 Å². The number of benzene rings is 1. The van der Waals surface area contributed by atoms with Gasteiger partial charge < -0.3 is 16.0 Å². The zero-order valence-corrected chi connectivity index (χ0v) is 18.3. The number of nitrogens with two attached hydrogens (primary N) is 1. The minimum atomic E-state index is -0.484. The van der Waals surface area contributed by atoms with Gasteiger partial charge in [-0.1, -0.05) is 22.6 Å². The van der Waals surface area contributed by atoms with Crippen LogP contribution in [-0.4, -0.2) is 62.1 Å². The van der Waals surface area contributed by atoms with E-state index in [0.29, 0.717) is 53.9 Å². The second kappa shape index (κ2) is 9.50. The van der Waals surface area contributed by atoms with Gasteiger partial charge in [-0.3, -0.25) is 14.6 Å². The van der Waals surface area contributed by atoms with Gasteiger partial charge in [-0.05, 0) is 42.5 Å². The average molecular weight is 475 g/mol. The molecule has 1 amide bonds. The summed E-state index contributed by atoms with van der Waals surface area (Å²) in [6.07, 6.45) is 3.99. The molecule has 15 heteroatoms. The molecule has 4 heterocycles. The first-order valence-corrected chi connectivity index (χ1v) is 10.8. The Labute approximate surface area is 196 Å². The quantitative estimate of drug-likeness (QED) is 0.164. The third kappa shape index (κ3) is 4.87. The fourth-order valence-corrected chi connectivity index (χ4v) is 3.81. The van der Waals surface area contributed by atoms with Crippen molar-refractivity contribution in [1.29, 1.82) is 0 Å². The lowest BCUT2D eigenvalue weighted by atomic mass is 10.0. The van der Waals surface area contributed by atoms with Crippen LogP contribution in [-0.2, 0) is 19.3 Å². The van der Waals surface area contributed by atoms with Gasteiger partial charge in [-0.25, -0.2) is 0 Å². The Balaban J connectivity index is 1.23. The van der Waals surface area contributed by atoms with Crippen molar-refractivity contribution in [1.82, 2.24) is 61.5 Å². The highest BCUT2D eigenvalue weighted by atomic mass is 16.1. The number of amides is 1. The van der Waals surface area contributed by atoms with Crippen LogP contribution in [0.25, 0.3) is 11.0 Å². The lowest BCUT2D eigenvalue weighted by molar-refractivity contribution is 0.0932. The summed E-state index contributed by atoms with van der Waals surface area (Å²) in [6.45, 7) is 0. The molecule has 0 aliphatic rings. The molecule has 7 N–H and O–H groups in total. The molecular weight excluding hydrogens is 454 g/mol. The molecule has 0 aliphatic carbocycles. The second-order valence-electron chi connectivity index (χ2n) is 7.85. The molecule has 178 valence electrons. The Hall–Kier alpha value is -4.95. The van der Waals surface area contributed by atoms with Gasteiger partial charge in [0, 0.05) is 18.2 Å². The van der Waals surface area contributed by atoms with Gasteiger partial charge in [0.1, 0.15) is 5.65 Å². The summed E-state index contributed by atoms with van der Waals surface area (Å²) < 4.78 is 0. The van der Waals surface area contributed by atoms with Crippen molar-refractivity contribution in [3.8, 4) is 0 Å². The highest BCUT2D eigenvalue weighted by Crippen LogP contribution is 2.17. The predicted octanol–water partition coefficient (Wildman–Crippen LogP) is -0.251. The number of nitrogen functional groups attached to an aromatic ring is 1. The molecule has 0 spiro atoms. The minimum Gasteiger partial charge on any atom is -0.369 e. The number of fused-ring (bicyclic) bond motifs is 1. The lowest BCUT2D eigenvalue weighted by Gasteiger charge is -2.15. The van der Waals surface area contributed by atoms with E-state index in [2.05, 4.69) is 61.5 Å². The summed E-state index contributed by atoms with van der Waals surface area (Å²) in [7, 11) is 0. The summed E-state index contributed by atoms with van der Waals surface area (Å²) in [4.78, 5) is 34.7. The van der Waals surface area contributed by atoms with E-state index < -0.39 is 6.04 Å². The number of rotatable bonds is 9. The summed E-state index contributed by atoms with van der Waals surface area (Å²) >= 11 is 0. The van der Waals surface area contributed by atoms with Crippen molar-refractivity contribution >= 4 is 22.9 Å². The topological polar surface area (TPSA) is 226 Å². The Morgan fingerprint density at radius 3 is 2.57 bits per heavy atom. The summed E-state index contributed by atoms with van der Waals surface area (Å²) in [5.41, 5.74) is 8.14. The maximum Gasteiger partial charge on any atom is 0.262 e. The molecule has 1 aromatic carbocycles. The van der Waals surface area contributed by atoms with Crippen LogP contribution >= 0.6 is 0 Å². The van der Waals surface area contributed by atoms with Crippen LogP contribution in [0.4, 0.5) is 5.95 Å². The van der Waals surface area contributed by atoms with Gasteiger partial charge in [0.25, 0.3) is 11.5 Å². The molecule has 5 rings (SSSR count). The van der Waals surface area contributed by atoms with Crippen molar-refractivity contribution in [2.75, 3.05) is 5.73 Å². The number of aromatic amines is 4. The predicted molar refractivity (Wildman–Crippen MR) is 122 cm³/mol. The Bertz CT molecular complexity index is 1470. The molecule has 5 aromatic rings. The highest BCUT2D eigenvalue weighted by Gasteiger charge is 2.20. The largest absolute Gasteiger partial charge is 0.369 e. The summed E-state index contributed by atoms with van der Waals surface area (Å²) in [6, 6.07) is 6.78. The number of nitrogens with zero attached hydrogens (tertiary/aromatic N) is 7. The Morgan fingerprint density at radius 1 is 1.03 bits per heavy atom. The fraction of sp³-hybridized carbons (Fsp3) is 0.250.